The molecule has 7 nitrogen and oxygen atoms in total. The fraction of sp³-hybridized carbons (Fsp3) is 0.238. The Hall–Kier alpha value is -3.66. The number of nitriles is 1. The van der Waals surface area contributed by atoms with Gasteiger partial charge in [-0.2, -0.15) is 5.26 Å². The van der Waals surface area contributed by atoms with E-state index in [9.17, 15) is 4.79 Å². The predicted octanol–water partition coefficient (Wildman–Crippen LogP) is 2.56. The second-order valence-corrected chi connectivity index (χ2v) is 6.49. The maximum Gasteiger partial charge on any atom is 0.260 e. The largest absolute Gasteiger partial charge is 0.484 e. The Morgan fingerprint density at radius 3 is 2.86 bits per heavy atom. The van der Waals surface area contributed by atoms with E-state index in [1.54, 1.807) is 4.90 Å². The van der Waals surface area contributed by atoms with Gasteiger partial charge >= 0.3 is 0 Å². The predicted molar refractivity (Wildman–Crippen MR) is 102 cm³/mol. The fourth-order valence-electron chi connectivity index (χ4n) is 3.19. The Morgan fingerprint density at radius 2 is 2.00 bits per heavy atom. The molecule has 1 unspecified atom stereocenters. The average Bonchev–Trinajstić information content (AvgIpc) is 3.21. The van der Waals surface area contributed by atoms with Crippen molar-refractivity contribution in [3.05, 3.63) is 60.6 Å². The summed E-state index contributed by atoms with van der Waals surface area (Å²) in [6.45, 7) is 0.980. The molecule has 7 heteroatoms. The van der Waals surface area contributed by atoms with E-state index >= 15 is 0 Å². The van der Waals surface area contributed by atoms with Crippen LogP contribution in [0.4, 0.5) is 0 Å². The van der Waals surface area contributed by atoms with Crippen LogP contribution in [-0.2, 0) is 4.79 Å². The number of hydrogen-bond donors (Lipinski definition) is 0. The van der Waals surface area contributed by atoms with Gasteiger partial charge in [-0.1, -0.05) is 30.3 Å². The van der Waals surface area contributed by atoms with Crippen molar-refractivity contribution in [2.24, 2.45) is 0 Å². The highest BCUT2D eigenvalue weighted by atomic mass is 16.5. The minimum absolute atomic E-state index is 0.0281. The lowest BCUT2D eigenvalue weighted by atomic mass is 10.1. The molecule has 1 aliphatic heterocycles. The number of carbonyl (C=O) groups is 1. The second kappa shape index (κ2) is 7.92. The van der Waals surface area contributed by atoms with E-state index in [-0.39, 0.29) is 30.2 Å². The summed E-state index contributed by atoms with van der Waals surface area (Å²) in [5.74, 6) is 0.771. The molecular weight excluding hydrogens is 356 g/mol. The highest BCUT2D eigenvalue weighted by Gasteiger charge is 2.28. The van der Waals surface area contributed by atoms with Crippen molar-refractivity contribution in [3.8, 4) is 17.7 Å². The van der Waals surface area contributed by atoms with Crippen LogP contribution in [0.5, 0.6) is 11.6 Å². The number of likely N-dealkylation sites (tertiary alicyclic amines) is 1. The van der Waals surface area contributed by atoms with Crippen molar-refractivity contribution in [2.45, 2.75) is 12.5 Å². The van der Waals surface area contributed by atoms with Gasteiger partial charge in [0.25, 0.3) is 11.8 Å². The monoisotopic (exact) mass is 374 g/mol. The number of rotatable bonds is 5. The van der Waals surface area contributed by atoms with E-state index in [0.717, 1.165) is 10.8 Å². The molecule has 0 N–H and O–H groups in total. The third kappa shape index (κ3) is 3.86. The molecule has 0 radical (unpaired) electrons. The zero-order valence-electron chi connectivity index (χ0n) is 15.1. The number of ether oxygens (including phenoxy) is 2. The van der Waals surface area contributed by atoms with Gasteiger partial charge in [0.15, 0.2) is 6.61 Å². The van der Waals surface area contributed by atoms with Crippen LogP contribution >= 0.6 is 0 Å². The standard InChI is InChI=1S/C21H18N4O3/c22-12-19-21(24-9-8-23-19)28-18-7-10-25(13-18)20(26)14-27-17-6-5-15-3-1-2-4-16(15)11-17/h1-6,8-9,11,18H,7,10,13-14H2. The summed E-state index contributed by atoms with van der Waals surface area (Å²) in [5, 5.41) is 11.3. The highest BCUT2D eigenvalue weighted by molar-refractivity contribution is 5.84. The Morgan fingerprint density at radius 1 is 1.18 bits per heavy atom. The highest BCUT2D eigenvalue weighted by Crippen LogP contribution is 2.21. The molecule has 28 heavy (non-hydrogen) atoms. The number of amides is 1. The Labute approximate surface area is 162 Å². The minimum Gasteiger partial charge on any atom is -0.484 e. The first-order valence-electron chi connectivity index (χ1n) is 9.00. The Bertz CT molecular complexity index is 1050. The second-order valence-electron chi connectivity index (χ2n) is 6.49. The summed E-state index contributed by atoms with van der Waals surface area (Å²) in [6, 6.07) is 15.7. The molecule has 2 heterocycles. The Kier molecular flexibility index (Phi) is 5.02. The van der Waals surface area contributed by atoms with Gasteiger partial charge in [0, 0.05) is 25.4 Å². The van der Waals surface area contributed by atoms with Crippen molar-refractivity contribution in [3.63, 3.8) is 0 Å². The van der Waals surface area contributed by atoms with Gasteiger partial charge in [-0.25, -0.2) is 9.97 Å². The van der Waals surface area contributed by atoms with Crippen LogP contribution in [0, 0.1) is 11.3 Å². The van der Waals surface area contributed by atoms with E-state index in [1.165, 1.54) is 12.4 Å². The molecule has 0 aliphatic carbocycles. The van der Waals surface area contributed by atoms with Crippen molar-refractivity contribution < 1.29 is 14.3 Å². The summed E-state index contributed by atoms with van der Waals surface area (Å²) in [5.41, 5.74) is 0.145. The van der Waals surface area contributed by atoms with Gasteiger partial charge in [0.05, 0.1) is 6.54 Å². The zero-order valence-corrected chi connectivity index (χ0v) is 15.1. The molecule has 0 saturated carbocycles. The van der Waals surface area contributed by atoms with E-state index in [1.807, 2.05) is 48.5 Å². The summed E-state index contributed by atoms with van der Waals surface area (Å²) < 4.78 is 11.4. The normalized spacial score (nSPS) is 16.0. The fourth-order valence-corrected chi connectivity index (χ4v) is 3.19. The van der Waals surface area contributed by atoms with Crippen molar-refractivity contribution in [1.82, 2.24) is 14.9 Å². The topological polar surface area (TPSA) is 88.3 Å². The first-order chi connectivity index (χ1) is 13.7. The first-order valence-corrected chi connectivity index (χ1v) is 9.00. The van der Waals surface area contributed by atoms with Crippen molar-refractivity contribution >= 4 is 16.7 Å². The van der Waals surface area contributed by atoms with Crippen LogP contribution in [0.25, 0.3) is 10.8 Å². The number of fused-ring (bicyclic) bond motifs is 1. The van der Waals surface area contributed by atoms with Gasteiger partial charge in [0.1, 0.15) is 17.9 Å². The van der Waals surface area contributed by atoms with Gasteiger partial charge in [-0.05, 0) is 22.9 Å². The quantitative estimate of drug-likeness (QED) is 0.682. The first kappa shape index (κ1) is 17.7. The molecule has 0 spiro atoms. The maximum absolute atomic E-state index is 12.5. The molecule has 1 fully saturated rings. The molecule has 1 aliphatic rings. The molecule has 1 saturated heterocycles. The zero-order chi connectivity index (χ0) is 19.3. The van der Waals surface area contributed by atoms with E-state index < -0.39 is 0 Å². The van der Waals surface area contributed by atoms with Crippen LogP contribution in [0.15, 0.2) is 54.9 Å². The lowest BCUT2D eigenvalue weighted by Gasteiger charge is -2.17. The molecule has 1 atom stereocenters. The van der Waals surface area contributed by atoms with Crippen LogP contribution in [0.2, 0.25) is 0 Å². The van der Waals surface area contributed by atoms with Gasteiger partial charge in [-0.15, -0.1) is 0 Å². The molecule has 1 aromatic heterocycles. The molecule has 4 rings (SSSR count). The van der Waals surface area contributed by atoms with E-state index in [4.69, 9.17) is 14.7 Å². The van der Waals surface area contributed by atoms with Gasteiger partial charge < -0.3 is 14.4 Å². The summed E-state index contributed by atoms with van der Waals surface area (Å²) in [6.07, 6.45) is 3.38. The minimum atomic E-state index is -0.214. The summed E-state index contributed by atoms with van der Waals surface area (Å²) in [4.78, 5) is 22.1. The third-order valence-corrected chi connectivity index (χ3v) is 4.63. The van der Waals surface area contributed by atoms with Crippen LogP contribution in [0.3, 0.4) is 0 Å². The van der Waals surface area contributed by atoms with Crippen LogP contribution in [0.1, 0.15) is 12.1 Å². The van der Waals surface area contributed by atoms with Crippen molar-refractivity contribution in [2.75, 3.05) is 19.7 Å². The molecule has 1 amide bonds. The smallest absolute Gasteiger partial charge is 0.260 e. The van der Waals surface area contributed by atoms with Gasteiger partial charge in [0.2, 0.25) is 5.69 Å². The molecular formula is C21H18N4O3. The number of aromatic nitrogens is 2. The van der Waals surface area contributed by atoms with E-state index in [0.29, 0.717) is 25.3 Å². The number of carbonyl (C=O) groups excluding carboxylic acids is 1. The average molecular weight is 374 g/mol. The SMILES string of the molecule is N#Cc1nccnc1OC1CCN(C(=O)COc2ccc3ccccc3c2)C1. The number of benzene rings is 2. The molecule has 2 aromatic carbocycles. The molecule has 0 bridgehead atoms. The Balaban J connectivity index is 1.32. The molecule has 140 valence electrons. The third-order valence-electron chi connectivity index (χ3n) is 4.63. The molecule has 3 aromatic rings. The van der Waals surface area contributed by atoms with Crippen LogP contribution < -0.4 is 9.47 Å². The van der Waals surface area contributed by atoms with E-state index in [2.05, 4.69) is 9.97 Å². The lowest BCUT2D eigenvalue weighted by molar-refractivity contribution is -0.132. The van der Waals surface area contributed by atoms with Crippen molar-refractivity contribution in [1.29, 1.82) is 5.26 Å². The summed E-state index contributed by atoms with van der Waals surface area (Å²) in [7, 11) is 0. The maximum atomic E-state index is 12.5. The van der Waals surface area contributed by atoms with Gasteiger partial charge in [-0.3, -0.25) is 4.79 Å². The summed E-state index contributed by atoms with van der Waals surface area (Å²) >= 11 is 0. The number of hydrogen-bond acceptors (Lipinski definition) is 6. The number of nitrogens with zero attached hydrogens (tertiary/aromatic N) is 4. The lowest BCUT2D eigenvalue weighted by Crippen LogP contribution is -2.34. The van der Waals surface area contributed by atoms with Crippen LogP contribution in [-0.4, -0.2) is 46.6 Å².